The van der Waals surface area contributed by atoms with E-state index in [0.29, 0.717) is 6.42 Å². The van der Waals surface area contributed by atoms with Gasteiger partial charge in [0, 0.05) is 12.4 Å². The van der Waals surface area contributed by atoms with Crippen LogP contribution < -0.4 is 5.32 Å². The minimum atomic E-state index is -1.04. The van der Waals surface area contributed by atoms with Crippen molar-refractivity contribution in [2.75, 3.05) is 0 Å². The fourth-order valence-corrected chi connectivity index (χ4v) is 1.31. The number of hydrogen-bond acceptors (Lipinski definition) is 4. The van der Waals surface area contributed by atoms with Crippen LogP contribution in [0.3, 0.4) is 0 Å². The van der Waals surface area contributed by atoms with E-state index in [1.807, 2.05) is 6.92 Å². The van der Waals surface area contributed by atoms with Gasteiger partial charge in [0.25, 0.3) is 5.91 Å². The number of amides is 1. The van der Waals surface area contributed by atoms with Crippen molar-refractivity contribution in [3.05, 3.63) is 24.3 Å². The Morgan fingerprint density at radius 3 is 2.65 bits per heavy atom. The van der Waals surface area contributed by atoms with Crippen molar-refractivity contribution in [1.29, 1.82) is 0 Å². The van der Waals surface area contributed by atoms with Gasteiger partial charge in [-0.1, -0.05) is 20.3 Å². The van der Waals surface area contributed by atoms with Crippen LogP contribution in [-0.4, -0.2) is 33.0 Å². The van der Waals surface area contributed by atoms with E-state index in [1.54, 1.807) is 6.92 Å². The van der Waals surface area contributed by atoms with E-state index in [4.69, 9.17) is 5.11 Å². The number of carbonyl (C=O) groups excluding carboxylic acids is 1. The summed E-state index contributed by atoms with van der Waals surface area (Å²) in [4.78, 5) is 30.3. The summed E-state index contributed by atoms with van der Waals surface area (Å²) < 4.78 is 0. The molecule has 0 bridgehead atoms. The third-order valence-electron chi connectivity index (χ3n) is 2.56. The van der Waals surface area contributed by atoms with Gasteiger partial charge in [-0.15, -0.1) is 0 Å². The fraction of sp³-hybridized carbons (Fsp3) is 0.455. The van der Waals surface area contributed by atoms with Gasteiger partial charge in [0.1, 0.15) is 11.7 Å². The Morgan fingerprint density at radius 2 is 2.18 bits per heavy atom. The number of nitrogens with one attached hydrogen (secondary N) is 1. The van der Waals surface area contributed by atoms with E-state index in [-0.39, 0.29) is 11.6 Å². The predicted octanol–water partition coefficient (Wildman–Crippen LogP) is 0.706. The van der Waals surface area contributed by atoms with E-state index in [0.717, 1.165) is 0 Å². The van der Waals surface area contributed by atoms with Crippen molar-refractivity contribution >= 4 is 11.9 Å². The van der Waals surface area contributed by atoms with E-state index < -0.39 is 17.9 Å². The van der Waals surface area contributed by atoms with Crippen molar-refractivity contribution in [1.82, 2.24) is 15.3 Å². The third-order valence-corrected chi connectivity index (χ3v) is 2.56. The number of hydrogen-bond donors (Lipinski definition) is 2. The second-order valence-corrected chi connectivity index (χ2v) is 3.77. The lowest BCUT2D eigenvalue weighted by Crippen LogP contribution is -2.45. The molecule has 0 spiro atoms. The van der Waals surface area contributed by atoms with Crippen LogP contribution in [-0.2, 0) is 4.79 Å². The summed E-state index contributed by atoms with van der Waals surface area (Å²) in [6.07, 6.45) is 4.79. The summed E-state index contributed by atoms with van der Waals surface area (Å²) in [6, 6.07) is -0.908. The monoisotopic (exact) mass is 237 g/mol. The molecule has 0 saturated heterocycles. The summed E-state index contributed by atoms with van der Waals surface area (Å²) >= 11 is 0. The molecule has 6 nitrogen and oxygen atoms in total. The zero-order valence-corrected chi connectivity index (χ0v) is 9.75. The normalized spacial score (nSPS) is 13.8. The minimum Gasteiger partial charge on any atom is -0.480 e. The fourth-order valence-electron chi connectivity index (χ4n) is 1.31. The molecule has 92 valence electrons. The molecule has 1 heterocycles. The standard InChI is InChI=1S/C11H15N3O3/c1-3-7(2)9(11(16)17)14-10(15)8-6-12-4-5-13-8/h4-7,9H,3H2,1-2H3,(H,14,15)(H,16,17)/t7?,9-/m1/s1. The average Bonchev–Trinajstić information content (AvgIpc) is 2.35. The summed E-state index contributed by atoms with van der Waals surface area (Å²) in [5, 5.41) is 11.5. The van der Waals surface area contributed by atoms with Crippen LogP contribution in [0.2, 0.25) is 0 Å². The summed E-state index contributed by atoms with van der Waals surface area (Å²) in [6.45, 7) is 3.64. The Balaban J connectivity index is 2.75. The molecule has 0 aliphatic rings. The molecule has 0 fully saturated rings. The third kappa shape index (κ3) is 3.51. The number of rotatable bonds is 5. The molecule has 2 N–H and O–H groups in total. The van der Waals surface area contributed by atoms with Crippen molar-refractivity contribution in [3.63, 3.8) is 0 Å². The lowest BCUT2D eigenvalue weighted by Gasteiger charge is -2.19. The SMILES string of the molecule is CCC(C)[C@@H](NC(=O)c1cnccn1)C(=O)O. The molecule has 1 unspecified atom stereocenters. The molecule has 0 aliphatic heterocycles. The Hall–Kier alpha value is -1.98. The van der Waals surface area contributed by atoms with Crippen LogP contribution in [0.4, 0.5) is 0 Å². The van der Waals surface area contributed by atoms with Gasteiger partial charge in [0.05, 0.1) is 6.20 Å². The van der Waals surface area contributed by atoms with E-state index in [1.165, 1.54) is 18.6 Å². The molecule has 0 saturated carbocycles. The number of aliphatic carboxylic acids is 1. The molecule has 0 radical (unpaired) electrons. The van der Waals surface area contributed by atoms with Gasteiger partial charge >= 0.3 is 5.97 Å². The Kier molecular flexibility index (Phi) is 4.56. The van der Waals surface area contributed by atoms with E-state index >= 15 is 0 Å². The first-order chi connectivity index (χ1) is 8.06. The molecular weight excluding hydrogens is 222 g/mol. The summed E-state index contributed by atoms with van der Waals surface area (Å²) in [7, 11) is 0. The predicted molar refractivity (Wildman–Crippen MR) is 60.4 cm³/mol. The van der Waals surface area contributed by atoms with E-state index in [2.05, 4.69) is 15.3 Å². The maximum atomic E-state index is 11.7. The van der Waals surface area contributed by atoms with Gasteiger partial charge in [-0.05, 0) is 5.92 Å². The van der Waals surface area contributed by atoms with Gasteiger partial charge in [0.2, 0.25) is 0 Å². The Morgan fingerprint density at radius 1 is 1.47 bits per heavy atom. The highest BCUT2D eigenvalue weighted by Crippen LogP contribution is 2.08. The van der Waals surface area contributed by atoms with Crippen molar-refractivity contribution in [3.8, 4) is 0 Å². The summed E-state index contributed by atoms with van der Waals surface area (Å²) in [5.74, 6) is -1.71. The second kappa shape index (κ2) is 5.93. The molecule has 1 aromatic heterocycles. The van der Waals surface area contributed by atoms with Crippen molar-refractivity contribution in [2.45, 2.75) is 26.3 Å². The molecule has 1 aromatic rings. The van der Waals surface area contributed by atoms with E-state index in [9.17, 15) is 9.59 Å². The van der Waals surface area contributed by atoms with Gasteiger partial charge < -0.3 is 10.4 Å². The maximum Gasteiger partial charge on any atom is 0.326 e. The summed E-state index contributed by atoms with van der Waals surface area (Å²) in [5.41, 5.74) is 0.113. The highest BCUT2D eigenvalue weighted by Gasteiger charge is 2.26. The molecule has 2 atom stereocenters. The smallest absolute Gasteiger partial charge is 0.326 e. The topological polar surface area (TPSA) is 92.2 Å². The lowest BCUT2D eigenvalue weighted by molar-refractivity contribution is -0.140. The first-order valence-electron chi connectivity index (χ1n) is 5.36. The molecule has 1 rings (SSSR count). The van der Waals surface area contributed by atoms with Crippen LogP contribution in [0.25, 0.3) is 0 Å². The lowest BCUT2D eigenvalue weighted by atomic mass is 9.99. The first-order valence-corrected chi connectivity index (χ1v) is 5.36. The Labute approximate surface area is 99.1 Å². The Bertz CT molecular complexity index is 394. The zero-order valence-electron chi connectivity index (χ0n) is 9.75. The number of carboxylic acid groups (broad SMARTS) is 1. The molecule has 1 amide bonds. The number of aromatic nitrogens is 2. The van der Waals surface area contributed by atoms with Crippen LogP contribution in [0.15, 0.2) is 18.6 Å². The number of carboxylic acids is 1. The minimum absolute atomic E-state index is 0.113. The maximum absolute atomic E-state index is 11.7. The first kappa shape index (κ1) is 13.1. The van der Waals surface area contributed by atoms with Crippen LogP contribution in [0, 0.1) is 5.92 Å². The number of nitrogens with zero attached hydrogens (tertiary/aromatic N) is 2. The van der Waals surface area contributed by atoms with Gasteiger partial charge in [-0.25, -0.2) is 9.78 Å². The highest BCUT2D eigenvalue weighted by molar-refractivity contribution is 5.94. The average molecular weight is 237 g/mol. The molecule has 6 heteroatoms. The van der Waals surface area contributed by atoms with Crippen molar-refractivity contribution in [2.24, 2.45) is 5.92 Å². The van der Waals surface area contributed by atoms with Crippen molar-refractivity contribution < 1.29 is 14.7 Å². The molecule has 0 aliphatic carbocycles. The van der Waals surface area contributed by atoms with Gasteiger partial charge in [-0.2, -0.15) is 0 Å². The molecule has 17 heavy (non-hydrogen) atoms. The quantitative estimate of drug-likeness (QED) is 0.786. The van der Waals surface area contributed by atoms with Crippen LogP contribution >= 0.6 is 0 Å². The molecular formula is C11H15N3O3. The second-order valence-electron chi connectivity index (χ2n) is 3.77. The highest BCUT2D eigenvalue weighted by atomic mass is 16.4. The van der Waals surface area contributed by atoms with Gasteiger partial charge in [-0.3, -0.25) is 9.78 Å². The zero-order chi connectivity index (χ0) is 12.8. The number of carbonyl (C=O) groups is 2. The van der Waals surface area contributed by atoms with Crippen LogP contribution in [0.5, 0.6) is 0 Å². The van der Waals surface area contributed by atoms with Gasteiger partial charge in [0.15, 0.2) is 0 Å². The molecule has 0 aromatic carbocycles. The van der Waals surface area contributed by atoms with Crippen LogP contribution in [0.1, 0.15) is 30.8 Å². The largest absolute Gasteiger partial charge is 0.480 e.